The Kier molecular flexibility index (Phi) is 4.92. The first-order valence-corrected chi connectivity index (χ1v) is 8.27. The van der Waals surface area contributed by atoms with Crippen molar-refractivity contribution in [1.29, 1.82) is 0 Å². The fourth-order valence-electron chi connectivity index (χ4n) is 3.00. The number of hydrogen-bond donors (Lipinski definition) is 1. The highest BCUT2D eigenvalue weighted by molar-refractivity contribution is 5.76. The maximum Gasteiger partial charge on any atom is 0.252 e. The Hall–Kier alpha value is -2.90. The predicted molar refractivity (Wildman–Crippen MR) is 91.5 cm³/mol. The van der Waals surface area contributed by atoms with E-state index in [1.54, 1.807) is 11.4 Å². The van der Waals surface area contributed by atoms with Crippen molar-refractivity contribution in [3.8, 4) is 0 Å². The number of nitrogens with zero attached hydrogens (tertiary/aromatic N) is 4. The molecule has 26 heavy (non-hydrogen) atoms. The van der Waals surface area contributed by atoms with E-state index in [-0.39, 0.29) is 17.9 Å². The fourth-order valence-corrected chi connectivity index (χ4v) is 3.00. The van der Waals surface area contributed by atoms with Gasteiger partial charge in [-0.15, -0.1) is 0 Å². The number of benzene rings is 1. The van der Waals surface area contributed by atoms with E-state index < -0.39 is 17.7 Å². The summed E-state index contributed by atoms with van der Waals surface area (Å²) in [6.45, 7) is 5.43. The molecule has 0 aliphatic carbocycles. The van der Waals surface area contributed by atoms with E-state index in [9.17, 15) is 13.6 Å². The summed E-state index contributed by atoms with van der Waals surface area (Å²) in [6.07, 6.45) is 2.13. The number of carbonyl (C=O) groups excluding carboxylic acids is 1. The summed E-state index contributed by atoms with van der Waals surface area (Å²) >= 11 is 0. The summed E-state index contributed by atoms with van der Waals surface area (Å²) in [6, 6.07) is 2.77. The molecule has 1 unspecified atom stereocenters. The third-order valence-electron chi connectivity index (χ3n) is 4.40. The summed E-state index contributed by atoms with van der Waals surface area (Å²) in [5.41, 5.74) is 2.86. The monoisotopic (exact) mass is 359 g/mol. The molecule has 0 saturated carbocycles. The molecule has 1 atom stereocenters. The molecule has 0 fully saturated rings. The molecule has 3 aromatic rings. The Labute approximate surface area is 149 Å². The highest BCUT2D eigenvalue weighted by Gasteiger charge is 2.16. The van der Waals surface area contributed by atoms with Gasteiger partial charge in [-0.2, -0.15) is 10.1 Å². The van der Waals surface area contributed by atoms with Crippen molar-refractivity contribution in [1.82, 2.24) is 24.9 Å². The van der Waals surface area contributed by atoms with Crippen LogP contribution >= 0.6 is 0 Å². The van der Waals surface area contributed by atoms with Crippen LogP contribution < -0.4 is 5.32 Å². The molecule has 0 radical (unpaired) electrons. The Balaban J connectivity index is 1.67. The van der Waals surface area contributed by atoms with Crippen LogP contribution in [0.5, 0.6) is 0 Å². The molecule has 1 amide bonds. The van der Waals surface area contributed by atoms with Crippen molar-refractivity contribution in [3.63, 3.8) is 0 Å². The van der Waals surface area contributed by atoms with Crippen molar-refractivity contribution in [2.24, 2.45) is 0 Å². The SMILES string of the molecule is Cc1nc2ncnn2c(C)c1CCC(=O)NC(C)c1ccc(F)cc1F. The number of hydrogen-bond acceptors (Lipinski definition) is 4. The normalized spacial score (nSPS) is 12.3. The maximum absolute atomic E-state index is 13.8. The molecule has 2 aromatic heterocycles. The first kappa shape index (κ1) is 17.9. The van der Waals surface area contributed by atoms with Gasteiger partial charge in [0.25, 0.3) is 5.78 Å². The lowest BCUT2D eigenvalue weighted by Crippen LogP contribution is -2.27. The smallest absolute Gasteiger partial charge is 0.252 e. The summed E-state index contributed by atoms with van der Waals surface area (Å²) in [5.74, 6) is -1.02. The van der Waals surface area contributed by atoms with Crippen LogP contribution in [-0.4, -0.2) is 25.5 Å². The number of amides is 1. The van der Waals surface area contributed by atoms with E-state index in [1.807, 2.05) is 13.8 Å². The van der Waals surface area contributed by atoms with Crippen molar-refractivity contribution in [2.45, 2.75) is 39.7 Å². The number of rotatable bonds is 5. The Morgan fingerprint density at radius 3 is 2.81 bits per heavy atom. The molecule has 2 heterocycles. The van der Waals surface area contributed by atoms with Gasteiger partial charge in [0.05, 0.1) is 6.04 Å². The predicted octanol–water partition coefficient (Wildman–Crippen LogP) is 2.83. The van der Waals surface area contributed by atoms with Crippen molar-refractivity contribution < 1.29 is 13.6 Å². The van der Waals surface area contributed by atoms with Gasteiger partial charge in [-0.25, -0.2) is 18.3 Å². The number of nitrogens with one attached hydrogen (secondary N) is 1. The number of aryl methyl sites for hydroxylation is 2. The van der Waals surface area contributed by atoms with Crippen molar-refractivity contribution in [3.05, 3.63) is 58.7 Å². The van der Waals surface area contributed by atoms with Crippen molar-refractivity contribution in [2.75, 3.05) is 0 Å². The fraction of sp³-hybridized carbons (Fsp3) is 0.333. The minimum atomic E-state index is -0.676. The highest BCUT2D eigenvalue weighted by Crippen LogP contribution is 2.19. The third kappa shape index (κ3) is 3.54. The van der Waals surface area contributed by atoms with Crippen LogP contribution in [0.15, 0.2) is 24.5 Å². The second-order valence-corrected chi connectivity index (χ2v) is 6.19. The van der Waals surface area contributed by atoms with E-state index in [2.05, 4.69) is 20.4 Å². The summed E-state index contributed by atoms with van der Waals surface area (Å²) in [7, 11) is 0. The molecular weight excluding hydrogens is 340 g/mol. The average Bonchev–Trinajstić information content (AvgIpc) is 3.02. The van der Waals surface area contributed by atoms with Crippen LogP contribution in [0, 0.1) is 25.5 Å². The van der Waals surface area contributed by atoms with Gasteiger partial charge in [-0.05, 0) is 38.8 Å². The zero-order valence-corrected chi connectivity index (χ0v) is 14.8. The first-order chi connectivity index (χ1) is 12.4. The van der Waals surface area contributed by atoms with E-state index in [4.69, 9.17) is 0 Å². The van der Waals surface area contributed by atoms with E-state index in [0.29, 0.717) is 12.2 Å². The van der Waals surface area contributed by atoms with E-state index in [0.717, 1.165) is 23.0 Å². The molecule has 136 valence electrons. The zero-order valence-electron chi connectivity index (χ0n) is 14.8. The second kappa shape index (κ2) is 7.15. The molecule has 0 bridgehead atoms. The van der Waals surface area contributed by atoms with E-state index >= 15 is 0 Å². The zero-order chi connectivity index (χ0) is 18.8. The molecule has 0 spiro atoms. The molecule has 0 aliphatic rings. The van der Waals surface area contributed by atoms with Gasteiger partial charge < -0.3 is 5.32 Å². The second-order valence-electron chi connectivity index (χ2n) is 6.19. The Morgan fingerprint density at radius 2 is 2.08 bits per heavy atom. The van der Waals surface area contributed by atoms with Gasteiger partial charge in [0.1, 0.15) is 18.0 Å². The summed E-state index contributed by atoms with van der Waals surface area (Å²) < 4.78 is 28.4. The molecule has 0 aliphatic heterocycles. The van der Waals surface area contributed by atoms with Gasteiger partial charge >= 0.3 is 0 Å². The van der Waals surface area contributed by atoms with Crippen LogP contribution in [0.2, 0.25) is 0 Å². The minimum Gasteiger partial charge on any atom is -0.349 e. The summed E-state index contributed by atoms with van der Waals surface area (Å²) in [4.78, 5) is 20.7. The van der Waals surface area contributed by atoms with Crippen LogP contribution in [0.4, 0.5) is 8.78 Å². The molecule has 3 rings (SSSR count). The van der Waals surface area contributed by atoms with Gasteiger partial charge in [0.15, 0.2) is 0 Å². The lowest BCUT2D eigenvalue weighted by molar-refractivity contribution is -0.121. The van der Waals surface area contributed by atoms with Gasteiger partial charge in [0, 0.05) is 29.4 Å². The minimum absolute atomic E-state index is 0.219. The van der Waals surface area contributed by atoms with Crippen LogP contribution in [0.1, 0.15) is 41.9 Å². The largest absolute Gasteiger partial charge is 0.349 e. The molecule has 1 N–H and O–H groups in total. The molecule has 6 nitrogen and oxygen atoms in total. The Morgan fingerprint density at radius 1 is 1.31 bits per heavy atom. The van der Waals surface area contributed by atoms with Crippen LogP contribution in [-0.2, 0) is 11.2 Å². The molecular formula is C18H19F2N5O. The van der Waals surface area contributed by atoms with Crippen LogP contribution in [0.3, 0.4) is 0 Å². The van der Waals surface area contributed by atoms with Gasteiger partial charge in [-0.3, -0.25) is 4.79 Å². The lowest BCUT2D eigenvalue weighted by Gasteiger charge is -2.16. The molecule has 8 heteroatoms. The topological polar surface area (TPSA) is 72.2 Å². The molecule has 1 aromatic carbocycles. The quantitative estimate of drug-likeness (QED) is 0.760. The summed E-state index contributed by atoms with van der Waals surface area (Å²) in [5, 5.41) is 6.86. The Bertz CT molecular complexity index is 970. The standard InChI is InChI=1S/C18H19F2N5O/c1-10-14(12(3)25-18(24-10)21-9-22-25)6-7-17(26)23-11(2)15-5-4-13(19)8-16(15)20/h4-5,8-9,11H,6-7H2,1-3H3,(H,23,26). The van der Waals surface area contributed by atoms with Gasteiger partial charge in [-0.1, -0.05) is 6.07 Å². The number of fused-ring (bicyclic) bond motifs is 1. The van der Waals surface area contributed by atoms with Gasteiger partial charge in [0.2, 0.25) is 5.91 Å². The average molecular weight is 359 g/mol. The molecule has 0 saturated heterocycles. The highest BCUT2D eigenvalue weighted by atomic mass is 19.1. The van der Waals surface area contributed by atoms with E-state index in [1.165, 1.54) is 18.5 Å². The van der Waals surface area contributed by atoms with Crippen LogP contribution in [0.25, 0.3) is 5.78 Å². The maximum atomic E-state index is 13.8. The number of aromatic nitrogens is 4. The third-order valence-corrected chi connectivity index (χ3v) is 4.40. The lowest BCUT2D eigenvalue weighted by atomic mass is 10.0. The first-order valence-electron chi connectivity index (χ1n) is 8.27. The number of carbonyl (C=O) groups is 1. The van der Waals surface area contributed by atoms with Crippen molar-refractivity contribution >= 4 is 11.7 Å². The number of halogens is 2.